The number of nitrogens with zero attached hydrogens (tertiary/aromatic N) is 1. The van der Waals surface area contributed by atoms with Crippen LogP contribution in [0, 0.1) is 6.92 Å². The molecule has 0 bridgehead atoms. The second-order valence-electron chi connectivity index (χ2n) is 7.48. The zero-order chi connectivity index (χ0) is 26.0. The quantitative estimate of drug-likeness (QED) is 0.385. The van der Waals surface area contributed by atoms with Crippen LogP contribution in [0.2, 0.25) is 15.1 Å². The first-order valence-corrected chi connectivity index (χ1v) is 14.3. The molecule has 3 aromatic carbocycles. The Morgan fingerprint density at radius 1 is 0.943 bits per heavy atom. The third kappa shape index (κ3) is 6.80. The molecule has 0 fully saturated rings. The van der Waals surface area contributed by atoms with Crippen LogP contribution in [0.1, 0.15) is 5.56 Å². The molecular weight excluding hydrogens is 557 g/mol. The second kappa shape index (κ2) is 10.6. The van der Waals surface area contributed by atoms with Crippen molar-refractivity contribution in [1.82, 2.24) is 0 Å². The topological polar surface area (TPSA) is 113 Å². The van der Waals surface area contributed by atoms with Gasteiger partial charge in [-0.15, -0.1) is 0 Å². The number of hydrogen-bond donors (Lipinski definition) is 2. The average molecular weight is 577 g/mol. The van der Waals surface area contributed by atoms with Crippen molar-refractivity contribution in [1.29, 1.82) is 0 Å². The highest BCUT2D eigenvalue weighted by atomic mass is 35.5. The molecule has 0 aromatic heterocycles. The summed E-state index contributed by atoms with van der Waals surface area (Å²) in [7, 11) is -7.77. The minimum Gasteiger partial charge on any atom is -0.325 e. The van der Waals surface area contributed by atoms with E-state index in [1.165, 1.54) is 48.5 Å². The maximum Gasteiger partial charge on any atom is 0.261 e. The highest BCUT2D eigenvalue weighted by Crippen LogP contribution is 2.31. The van der Waals surface area contributed by atoms with Gasteiger partial charge in [0.15, 0.2) is 0 Å². The van der Waals surface area contributed by atoms with Crippen LogP contribution >= 0.6 is 34.8 Å². The number of hydrogen-bond acceptors (Lipinski definition) is 5. The fourth-order valence-electron chi connectivity index (χ4n) is 3.11. The fourth-order valence-corrected chi connectivity index (χ4v) is 5.73. The van der Waals surface area contributed by atoms with Crippen LogP contribution in [0.3, 0.4) is 0 Å². The molecule has 8 nitrogen and oxygen atoms in total. The zero-order valence-corrected chi connectivity index (χ0v) is 22.3. The molecule has 186 valence electrons. The zero-order valence-electron chi connectivity index (χ0n) is 18.4. The van der Waals surface area contributed by atoms with Crippen molar-refractivity contribution in [3.8, 4) is 0 Å². The van der Waals surface area contributed by atoms with Crippen molar-refractivity contribution >= 4 is 77.8 Å². The molecule has 3 rings (SSSR count). The second-order valence-corrected chi connectivity index (χ2v) is 12.3. The van der Waals surface area contributed by atoms with Crippen LogP contribution in [0.15, 0.2) is 65.6 Å². The Morgan fingerprint density at radius 3 is 2.20 bits per heavy atom. The summed E-state index contributed by atoms with van der Waals surface area (Å²) in [5.41, 5.74) is 1.29. The number of nitrogens with one attached hydrogen (secondary N) is 2. The number of benzene rings is 3. The molecule has 0 unspecified atom stereocenters. The minimum atomic E-state index is -3.98. The molecule has 0 radical (unpaired) electrons. The van der Waals surface area contributed by atoms with Gasteiger partial charge in [0.05, 0.1) is 32.6 Å². The van der Waals surface area contributed by atoms with Crippen LogP contribution < -0.4 is 14.3 Å². The van der Waals surface area contributed by atoms with Crippen molar-refractivity contribution in [3.05, 3.63) is 81.3 Å². The number of carbonyl (C=O) groups is 1. The maximum absolute atomic E-state index is 12.7. The van der Waals surface area contributed by atoms with Crippen LogP contribution in [0.5, 0.6) is 0 Å². The van der Waals surface area contributed by atoms with Crippen LogP contribution in [0.4, 0.5) is 17.1 Å². The van der Waals surface area contributed by atoms with Crippen LogP contribution in [0.25, 0.3) is 0 Å². The predicted octanol–water partition coefficient (Wildman–Crippen LogP) is 5.16. The molecule has 13 heteroatoms. The summed E-state index contributed by atoms with van der Waals surface area (Å²) in [5, 5.41) is 3.26. The van der Waals surface area contributed by atoms with E-state index in [-0.39, 0.29) is 26.3 Å². The molecule has 0 aliphatic carbocycles. The van der Waals surface area contributed by atoms with Gasteiger partial charge in [-0.05, 0) is 67.1 Å². The first kappa shape index (κ1) is 27.1. The lowest BCUT2D eigenvalue weighted by molar-refractivity contribution is -0.114. The maximum atomic E-state index is 12.7. The molecule has 0 aliphatic heterocycles. The van der Waals surface area contributed by atoms with E-state index in [0.717, 1.165) is 10.6 Å². The Balaban J connectivity index is 1.75. The Kier molecular flexibility index (Phi) is 8.23. The van der Waals surface area contributed by atoms with Crippen molar-refractivity contribution in [2.45, 2.75) is 11.8 Å². The molecule has 35 heavy (non-hydrogen) atoms. The summed E-state index contributed by atoms with van der Waals surface area (Å²) in [5.74, 6) is -0.621. The van der Waals surface area contributed by atoms with Gasteiger partial charge >= 0.3 is 0 Å². The molecule has 0 aliphatic rings. The lowest BCUT2D eigenvalue weighted by atomic mass is 10.2. The molecule has 0 atom stereocenters. The average Bonchev–Trinajstić information content (AvgIpc) is 2.75. The molecule has 1 amide bonds. The van der Waals surface area contributed by atoms with Gasteiger partial charge in [0, 0.05) is 10.7 Å². The summed E-state index contributed by atoms with van der Waals surface area (Å²) in [6.45, 7) is 1.19. The summed E-state index contributed by atoms with van der Waals surface area (Å²) >= 11 is 17.9. The van der Waals surface area contributed by atoms with Gasteiger partial charge in [-0.2, -0.15) is 0 Å². The fraction of sp³-hybridized carbons (Fsp3) is 0.136. The molecule has 0 heterocycles. The van der Waals surface area contributed by atoms with Crippen LogP contribution in [-0.2, 0) is 24.8 Å². The first-order valence-electron chi connectivity index (χ1n) is 9.88. The SMILES string of the molecule is Cc1cc(Cl)ccc1N(CC(=O)Nc1ccc(S(=O)(=O)Nc2cccc(Cl)c2Cl)cc1)S(C)(=O)=O. The van der Waals surface area contributed by atoms with E-state index >= 15 is 0 Å². The van der Waals surface area contributed by atoms with E-state index in [1.54, 1.807) is 19.1 Å². The van der Waals surface area contributed by atoms with Gasteiger partial charge in [0.25, 0.3) is 10.0 Å². The van der Waals surface area contributed by atoms with Gasteiger partial charge < -0.3 is 5.32 Å². The van der Waals surface area contributed by atoms with Crippen molar-refractivity contribution in [3.63, 3.8) is 0 Å². The predicted molar refractivity (Wildman–Crippen MR) is 141 cm³/mol. The molecule has 0 spiro atoms. The monoisotopic (exact) mass is 575 g/mol. The Morgan fingerprint density at radius 2 is 1.60 bits per heavy atom. The van der Waals surface area contributed by atoms with Crippen molar-refractivity contribution in [2.24, 2.45) is 0 Å². The first-order chi connectivity index (χ1) is 16.3. The van der Waals surface area contributed by atoms with E-state index in [1.807, 2.05) is 0 Å². The number of carbonyl (C=O) groups excluding carboxylic acids is 1. The van der Waals surface area contributed by atoms with Crippen LogP contribution in [-0.4, -0.2) is 35.5 Å². The standard InChI is InChI=1S/C22H20Cl3N3O5S2/c1-14-12-15(23)6-11-20(14)28(34(2,30)31)13-21(29)26-16-7-9-17(10-8-16)35(32,33)27-19-5-3-4-18(24)22(19)25/h3-12,27H,13H2,1-2H3,(H,26,29). The number of rotatable bonds is 8. The summed E-state index contributed by atoms with van der Waals surface area (Å²) in [6.07, 6.45) is 0.993. The smallest absolute Gasteiger partial charge is 0.261 e. The van der Waals surface area contributed by atoms with Crippen molar-refractivity contribution < 1.29 is 21.6 Å². The van der Waals surface area contributed by atoms with E-state index in [4.69, 9.17) is 34.8 Å². The van der Waals surface area contributed by atoms with Gasteiger partial charge in [0.2, 0.25) is 15.9 Å². The van der Waals surface area contributed by atoms with Crippen molar-refractivity contribution in [2.75, 3.05) is 27.1 Å². The highest BCUT2D eigenvalue weighted by molar-refractivity contribution is 7.92. The molecule has 0 saturated heterocycles. The Hall–Kier alpha value is -2.50. The summed E-state index contributed by atoms with van der Waals surface area (Å²) < 4.78 is 53.3. The molecule has 3 aromatic rings. The van der Waals surface area contributed by atoms with Gasteiger partial charge in [0.1, 0.15) is 6.54 Å². The lowest BCUT2D eigenvalue weighted by Crippen LogP contribution is -2.37. The van der Waals surface area contributed by atoms with Gasteiger partial charge in [-0.1, -0.05) is 40.9 Å². The number of sulfonamides is 2. The molecule has 0 saturated carbocycles. The van der Waals surface area contributed by atoms with E-state index in [0.29, 0.717) is 16.3 Å². The highest BCUT2D eigenvalue weighted by Gasteiger charge is 2.23. The third-order valence-electron chi connectivity index (χ3n) is 4.76. The number of amides is 1. The van der Waals surface area contributed by atoms with E-state index < -0.39 is 32.5 Å². The van der Waals surface area contributed by atoms with E-state index in [9.17, 15) is 21.6 Å². The number of halogens is 3. The largest absolute Gasteiger partial charge is 0.325 e. The Labute approximate surface area is 218 Å². The summed E-state index contributed by atoms with van der Waals surface area (Å²) in [6, 6.07) is 14.5. The molecular formula is C22H20Cl3N3O5S2. The number of aryl methyl sites for hydroxylation is 1. The van der Waals surface area contributed by atoms with E-state index in [2.05, 4.69) is 10.0 Å². The lowest BCUT2D eigenvalue weighted by Gasteiger charge is -2.23. The third-order valence-corrected chi connectivity index (χ3v) is 8.32. The normalized spacial score (nSPS) is 11.7. The minimum absolute atomic E-state index is 0.0629. The Bertz CT molecular complexity index is 1480. The molecule has 2 N–H and O–H groups in total. The van der Waals surface area contributed by atoms with Gasteiger partial charge in [-0.3, -0.25) is 13.8 Å². The number of anilines is 3. The summed E-state index contributed by atoms with van der Waals surface area (Å²) in [4.78, 5) is 12.5. The van der Waals surface area contributed by atoms with Gasteiger partial charge in [-0.25, -0.2) is 16.8 Å².